The lowest BCUT2D eigenvalue weighted by Gasteiger charge is -2.63. The van der Waals surface area contributed by atoms with Gasteiger partial charge >= 0.3 is 0 Å². The van der Waals surface area contributed by atoms with Gasteiger partial charge < -0.3 is 24.3 Å². The summed E-state index contributed by atoms with van der Waals surface area (Å²) < 4.78 is 46.9. The number of sulfonamides is 1. The van der Waals surface area contributed by atoms with E-state index in [-0.39, 0.29) is 17.3 Å². The molecule has 2 aromatic carbocycles. The van der Waals surface area contributed by atoms with Gasteiger partial charge in [0, 0.05) is 23.7 Å². The Morgan fingerprint density at radius 3 is 2.71 bits per heavy atom. The smallest absolute Gasteiger partial charge is 0.244 e. The molecule has 1 spiro atoms. The zero-order valence-electron chi connectivity index (χ0n) is 22.9. The minimum atomic E-state index is -3.88. The van der Waals surface area contributed by atoms with E-state index in [0.717, 1.165) is 22.3 Å². The fourth-order valence-corrected chi connectivity index (χ4v) is 9.38. The molecule has 1 amide bonds. The van der Waals surface area contributed by atoms with Crippen molar-refractivity contribution in [3.05, 3.63) is 83.3 Å². The molecule has 2 bridgehead atoms. The number of rotatable bonds is 6. The van der Waals surface area contributed by atoms with Crippen LogP contribution in [0.4, 0.5) is 0 Å². The van der Waals surface area contributed by atoms with Gasteiger partial charge in [-0.15, -0.1) is 0 Å². The van der Waals surface area contributed by atoms with Crippen LogP contribution in [0.1, 0.15) is 41.5 Å². The first-order valence-corrected chi connectivity index (χ1v) is 15.3. The first-order valence-electron chi connectivity index (χ1n) is 13.9. The Morgan fingerprint density at radius 1 is 1.17 bits per heavy atom. The number of amides is 1. The van der Waals surface area contributed by atoms with Gasteiger partial charge in [-0.05, 0) is 68.5 Å². The van der Waals surface area contributed by atoms with Crippen molar-refractivity contribution < 1.29 is 32.2 Å². The van der Waals surface area contributed by atoms with Crippen molar-refractivity contribution in [3.8, 4) is 11.5 Å². The van der Waals surface area contributed by atoms with E-state index in [1.165, 1.54) is 16.6 Å². The van der Waals surface area contributed by atoms with Crippen LogP contribution in [0, 0.1) is 6.92 Å². The lowest BCUT2D eigenvalue weighted by atomic mass is 9.48. The summed E-state index contributed by atoms with van der Waals surface area (Å²) in [5, 5.41) is 15.8. The lowest BCUT2D eigenvalue weighted by Crippen LogP contribution is -2.78. The van der Waals surface area contributed by atoms with Gasteiger partial charge in [-0.1, -0.05) is 23.8 Å². The molecule has 5 atom stereocenters. The number of hydrogen-bond acceptors (Lipinski definition) is 7. The van der Waals surface area contributed by atoms with Crippen molar-refractivity contribution in [2.45, 2.75) is 66.7 Å². The summed E-state index contributed by atoms with van der Waals surface area (Å²) >= 11 is 0. The highest BCUT2D eigenvalue weighted by Gasteiger charge is 2.74. The van der Waals surface area contributed by atoms with Gasteiger partial charge in [0.25, 0.3) is 0 Å². The van der Waals surface area contributed by atoms with Crippen molar-refractivity contribution >= 4 is 22.0 Å². The summed E-state index contributed by atoms with van der Waals surface area (Å²) in [4.78, 5) is 13.2. The maximum absolute atomic E-state index is 14.0. The maximum Gasteiger partial charge on any atom is 0.244 e. The van der Waals surface area contributed by atoms with E-state index >= 15 is 0 Å². The molecule has 1 aromatic heterocycles. The zero-order chi connectivity index (χ0) is 28.6. The normalized spacial score (nSPS) is 30.1. The number of benzene rings is 2. The molecule has 1 saturated carbocycles. The number of carbonyl (C=O) groups is 1. The molecular weight excluding hydrogens is 544 g/mol. The predicted molar refractivity (Wildman–Crippen MR) is 150 cm³/mol. The number of ether oxygens (including phenoxy) is 2. The van der Waals surface area contributed by atoms with E-state index in [4.69, 9.17) is 13.9 Å². The van der Waals surface area contributed by atoms with E-state index < -0.39 is 39.2 Å². The quantitative estimate of drug-likeness (QED) is 0.432. The van der Waals surface area contributed by atoms with Crippen LogP contribution >= 0.6 is 0 Å². The van der Waals surface area contributed by atoms with Crippen LogP contribution in [0.2, 0.25) is 0 Å². The number of nitrogens with zero attached hydrogens (tertiary/aromatic N) is 1. The molecule has 2 aliphatic heterocycles. The van der Waals surface area contributed by atoms with Gasteiger partial charge in [-0.25, -0.2) is 8.42 Å². The maximum atomic E-state index is 14.0. The minimum absolute atomic E-state index is 0.216. The average molecular weight is 577 g/mol. The molecule has 7 rings (SSSR count). The highest BCUT2D eigenvalue weighted by atomic mass is 32.2. The second kappa shape index (κ2) is 9.20. The Kier molecular flexibility index (Phi) is 5.91. The Labute approximate surface area is 238 Å². The molecule has 10 heteroatoms. The van der Waals surface area contributed by atoms with E-state index in [2.05, 4.69) is 5.32 Å². The monoisotopic (exact) mass is 576 g/mol. The predicted octanol–water partition coefficient (Wildman–Crippen LogP) is 3.34. The molecule has 4 aliphatic rings. The van der Waals surface area contributed by atoms with Crippen molar-refractivity contribution in [1.29, 1.82) is 0 Å². The third-order valence-electron chi connectivity index (χ3n) is 9.54. The molecule has 3 heterocycles. The summed E-state index contributed by atoms with van der Waals surface area (Å²) in [6.07, 6.45) is 7.07. The topological polar surface area (TPSA) is 118 Å². The number of aliphatic hydroxyl groups is 1. The van der Waals surface area contributed by atoms with Crippen LogP contribution in [-0.4, -0.2) is 61.2 Å². The molecule has 2 aliphatic carbocycles. The van der Waals surface area contributed by atoms with Crippen LogP contribution in [0.3, 0.4) is 0 Å². The highest BCUT2D eigenvalue weighted by molar-refractivity contribution is 7.89. The fourth-order valence-electron chi connectivity index (χ4n) is 7.71. The summed E-state index contributed by atoms with van der Waals surface area (Å²) in [7, 11) is -2.30. The van der Waals surface area contributed by atoms with Crippen LogP contribution in [0.25, 0.3) is 6.08 Å². The summed E-state index contributed by atoms with van der Waals surface area (Å²) in [6, 6.07) is 11.3. The number of nitrogens with one attached hydrogen (secondary N) is 1. The van der Waals surface area contributed by atoms with Crippen molar-refractivity contribution in [2.24, 2.45) is 0 Å². The number of methoxy groups -OCH3 is 1. The lowest BCUT2D eigenvalue weighted by molar-refractivity contribution is -0.177. The third kappa shape index (κ3) is 3.67. The Morgan fingerprint density at radius 2 is 1.98 bits per heavy atom. The van der Waals surface area contributed by atoms with Gasteiger partial charge in [0.15, 0.2) is 11.5 Å². The number of carbonyl (C=O) groups excluding carboxylic acids is 1. The molecule has 41 heavy (non-hydrogen) atoms. The van der Waals surface area contributed by atoms with Crippen LogP contribution in [-0.2, 0) is 26.7 Å². The molecule has 0 radical (unpaired) electrons. The van der Waals surface area contributed by atoms with Gasteiger partial charge in [0.1, 0.15) is 6.10 Å². The SMILES string of the molecule is COc1ccc2c3c1O[C@H]1[C@H](NC(=O)/C=C/c4ccoc4)CC[C@@]4(O)[C@@H](C2)N(S(=O)(=O)c2ccc(C)cc2)CC[C@]314. The Bertz CT molecular complexity index is 1650. The standard InChI is InChI=1S/C31H32N2O7S/c1-19-3-7-22(8-4-19)41(36,37)33-15-14-30-27-21-6-9-24(38-2)28(27)40-29(30)23(11-13-31(30,35)25(33)17-21)32-26(34)10-5-20-12-16-39-18-20/h3-10,12,16,18,23,25,29,35H,11,13-15,17H2,1-2H3,(H,32,34)/b10-5+/t23-,25-,29+,30+,31-/m1/s1. The largest absolute Gasteiger partial charge is 0.493 e. The van der Waals surface area contributed by atoms with Crippen LogP contribution in [0.5, 0.6) is 11.5 Å². The van der Waals surface area contributed by atoms with Crippen molar-refractivity contribution in [2.75, 3.05) is 13.7 Å². The second-order valence-electron chi connectivity index (χ2n) is 11.5. The first-order chi connectivity index (χ1) is 19.7. The molecule has 2 N–H and O–H groups in total. The Hall–Kier alpha value is -3.60. The van der Waals surface area contributed by atoms with E-state index in [1.54, 1.807) is 49.8 Å². The van der Waals surface area contributed by atoms with E-state index in [0.29, 0.717) is 37.2 Å². The zero-order valence-corrected chi connectivity index (χ0v) is 23.7. The number of furan rings is 1. The summed E-state index contributed by atoms with van der Waals surface area (Å²) in [5.74, 6) is 0.862. The van der Waals surface area contributed by atoms with E-state index in [9.17, 15) is 18.3 Å². The average Bonchev–Trinajstić information content (AvgIpc) is 3.59. The number of hydrogen-bond donors (Lipinski definition) is 2. The number of piperidine rings is 1. The summed E-state index contributed by atoms with van der Waals surface area (Å²) in [5.41, 5.74) is 1.27. The van der Waals surface area contributed by atoms with E-state index in [1.807, 2.05) is 19.1 Å². The van der Waals surface area contributed by atoms with Crippen LogP contribution < -0.4 is 14.8 Å². The molecule has 0 unspecified atom stereocenters. The second-order valence-corrected chi connectivity index (χ2v) is 13.4. The minimum Gasteiger partial charge on any atom is -0.493 e. The van der Waals surface area contributed by atoms with Crippen LogP contribution in [0.15, 0.2) is 70.4 Å². The number of aryl methyl sites for hydroxylation is 1. The molecule has 2 fully saturated rings. The molecular formula is C31H32N2O7S. The highest BCUT2D eigenvalue weighted by Crippen LogP contribution is 2.65. The molecule has 9 nitrogen and oxygen atoms in total. The summed E-state index contributed by atoms with van der Waals surface area (Å²) in [6.45, 7) is 2.14. The third-order valence-corrected chi connectivity index (χ3v) is 11.5. The van der Waals surface area contributed by atoms with Gasteiger partial charge in [0.05, 0.1) is 47.6 Å². The molecule has 214 valence electrons. The first kappa shape index (κ1) is 26.3. The van der Waals surface area contributed by atoms with Crippen molar-refractivity contribution in [3.63, 3.8) is 0 Å². The molecule has 1 saturated heterocycles. The fraction of sp³-hybridized carbons (Fsp3) is 0.387. The van der Waals surface area contributed by atoms with Gasteiger partial charge in [-0.2, -0.15) is 4.31 Å². The Balaban J connectivity index is 1.29. The molecule has 3 aromatic rings. The van der Waals surface area contributed by atoms with Gasteiger partial charge in [-0.3, -0.25) is 4.79 Å². The van der Waals surface area contributed by atoms with Gasteiger partial charge in [0.2, 0.25) is 15.9 Å². The van der Waals surface area contributed by atoms with Crippen molar-refractivity contribution in [1.82, 2.24) is 9.62 Å².